The minimum atomic E-state index is -0.185. The monoisotopic (exact) mass is 238 g/mol. The van der Waals surface area contributed by atoms with Gasteiger partial charge >= 0.3 is 0 Å². The number of rotatable bonds is 2. The lowest BCUT2D eigenvalue weighted by molar-refractivity contribution is 0.357. The maximum absolute atomic E-state index is 8.96. The fraction of sp³-hybridized carbons (Fsp3) is 0.300. The van der Waals surface area contributed by atoms with Crippen LogP contribution in [0.15, 0.2) is 28.7 Å². The molecule has 0 aromatic heterocycles. The zero-order valence-corrected chi connectivity index (χ0v) is 9.25. The van der Waals surface area contributed by atoms with Crippen LogP contribution in [0.2, 0.25) is 0 Å². The van der Waals surface area contributed by atoms with E-state index in [2.05, 4.69) is 22.0 Å². The van der Waals surface area contributed by atoms with Crippen LogP contribution in [-0.2, 0) is 0 Å². The number of nitriles is 1. The van der Waals surface area contributed by atoms with Gasteiger partial charge in [0.15, 0.2) is 0 Å². The second-order valence-corrected chi connectivity index (χ2v) is 3.87. The van der Waals surface area contributed by atoms with Gasteiger partial charge in [0.25, 0.3) is 0 Å². The first-order valence-corrected chi connectivity index (χ1v) is 4.76. The molecule has 0 aliphatic carbocycles. The van der Waals surface area contributed by atoms with Gasteiger partial charge < -0.3 is 0 Å². The lowest BCUT2D eigenvalue weighted by Crippen LogP contribution is -2.18. The van der Waals surface area contributed by atoms with E-state index in [1.807, 2.05) is 43.3 Å². The molecule has 0 aliphatic heterocycles. The fourth-order valence-corrected chi connectivity index (χ4v) is 1.66. The summed E-state index contributed by atoms with van der Waals surface area (Å²) in [5.74, 6) is 0. The van der Waals surface area contributed by atoms with Gasteiger partial charge in [-0.1, -0.05) is 34.1 Å². The molecule has 0 saturated heterocycles. The smallest absolute Gasteiger partial charge is 0.124 e. The highest BCUT2D eigenvalue weighted by atomic mass is 79.9. The largest absolute Gasteiger partial charge is 0.290 e. The zero-order chi connectivity index (χ0) is 9.84. The maximum Gasteiger partial charge on any atom is 0.124 e. The second-order valence-electron chi connectivity index (χ2n) is 3.02. The molecule has 1 atom stereocenters. The molecule has 1 aromatic carbocycles. The van der Waals surface area contributed by atoms with E-state index in [9.17, 15) is 0 Å². The Hall–Kier alpha value is -0.850. The Morgan fingerprint density at radius 1 is 1.38 bits per heavy atom. The van der Waals surface area contributed by atoms with Crippen molar-refractivity contribution in [2.75, 3.05) is 14.1 Å². The maximum atomic E-state index is 8.96. The topological polar surface area (TPSA) is 27.0 Å². The molecular weight excluding hydrogens is 228 g/mol. The van der Waals surface area contributed by atoms with Crippen LogP contribution in [-0.4, -0.2) is 19.0 Å². The molecule has 0 bridgehead atoms. The lowest BCUT2D eigenvalue weighted by Gasteiger charge is -2.18. The van der Waals surface area contributed by atoms with E-state index in [0.29, 0.717) is 0 Å². The molecule has 0 fully saturated rings. The summed E-state index contributed by atoms with van der Waals surface area (Å²) in [6, 6.07) is 9.85. The molecule has 0 amide bonds. The summed E-state index contributed by atoms with van der Waals surface area (Å²) in [7, 11) is 3.79. The first-order valence-electron chi connectivity index (χ1n) is 3.97. The Morgan fingerprint density at radius 3 is 2.46 bits per heavy atom. The van der Waals surface area contributed by atoms with Crippen LogP contribution >= 0.6 is 15.9 Å². The molecule has 0 aliphatic rings. The third-order valence-electron chi connectivity index (χ3n) is 1.84. The van der Waals surface area contributed by atoms with Gasteiger partial charge in [0.05, 0.1) is 6.07 Å². The molecule has 3 heteroatoms. The van der Waals surface area contributed by atoms with Gasteiger partial charge in [-0.2, -0.15) is 5.26 Å². The Labute approximate surface area is 86.9 Å². The van der Waals surface area contributed by atoms with Gasteiger partial charge in [0.1, 0.15) is 6.04 Å². The molecule has 1 rings (SSSR count). The highest BCUT2D eigenvalue weighted by Crippen LogP contribution is 2.25. The number of hydrogen-bond donors (Lipinski definition) is 0. The SMILES string of the molecule is CN(C)[C@@H](C#N)c1ccccc1Br. The number of hydrogen-bond acceptors (Lipinski definition) is 2. The summed E-state index contributed by atoms with van der Waals surface area (Å²) in [5, 5.41) is 8.96. The third-order valence-corrected chi connectivity index (χ3v) is 2.56. The molecule has 2 nitrogen and oxygen atoms in total. The molecule has 0 N–H and O–H groups in total. The van der Waals surface area contributed by atoms with Crippen molar-refractivity contribution in [3.05, 3.63) is 34.3 Å². The minimum absolute atomic E-state index is 0.185. The molecule has 0 radical (unpaired) electrons. The van der Waals surface area contributed by atoms with Crippen molar-refractivity contribution in [2.24, 2.45) is 0 Å². The summed E-state index contributed by atoms with van der Waals surface area (Å²) < 4.78 is 0.982. The predicted octanol–water partition coefficient (Wildman–Crippen LogP) is 2.58. The minimum Gasteiger partial charge on any atom is -0.290 e. The van der Waals surface area contributed by atoms with Crippen molar-refractivity contribution in [1.29, 1.82) is 5.26 Å². The Bertz CT molecular complexity index is 328. The standard InChI is InChI=1S/C10H11BrN2/c1-13(2)10(7-12)8-5-3-4-6-9(8)11/h3-6,10H,1-2H3/t10-/m0/s1. The number of benzene rings is 1. The van der Waals surface area contributed by atoms with Crippen molar-refractivity contribution in [3.63, 3.8) is 0 Å². The average Bonchev–Trinajstić information content (AvgIpc) is 2.09. The van der Waals surface area contributed by atoms with Gasteiger partial charge in [0.2, 0.25) is 0 Å². The lowest BCUT2D eigenvalue weighted by atomic mass is 10.1. The molecule has 0 spiro atoms. The van der Waals surface area contributed by atoms with Crippen molar-refractivity contribution in [3.8, 4) is 6.07 Å². The van der Waals surface area contributed by atoms with Crippen LogP contribution in [0.3, 0.4) is 0 Å². The second kappa shape index (κ2) is 4.40. The average molecular weight is 239 g/mol. The van der Waals surface area contributed by atoms with E-state index >= 15 is 0 Å². The van der Waals surface area contributed by atoms with E-state index < -0.39 is 0 Å². The molecule has 0 heterocycles. The van der Waals surface area contributed by atoms with E-state index in [-0.39, 0.29) is 6.04 Å². The first-order chi connectivity index (χ1) is 6.16. The van der Waals surface area contributed by atoms with Crippen LogP contribution in [0, 0.1) is 11.3 Å². The van der Waals surface area contributed by atoms with Gasteiger partial charge in [-0.05, 0) is 25.7 Å². The highest BCUT2D eigenvalue weighted by molar-refractivity contribution is 9.10. The van der Waals surface area contributed by atoms with Crippen LogP contribution in [0.1, 0.15) is 11.6 Å². The molecule has 0 unspecified atom stereocenters. The van der Waals surface area contributed by atoms with Crippen molar-refractivity contribution in [1.82, 2.24) is 4.90 Å². The summed E-state index contributed by atoms with van der Waals surface area (Å²) >= 11 is 3.43. The van der Waals surface area contributed by atoms with Crippen molar-refractivity contribution < 1.29 is 0 Å². The predicted molar refractivity (Wildman–Crippen MR) is 56.2 cm³/mol. The van der Waals surface area contributed by atoms with E-state index in [4.69, 9.17) is 5.26 Å². The van der Waals surface area contributed by atoms with E-state index in [1.54, 1.807) is 0 Å². The zero-order valence-electron chi connectivity index (χ0n) is 7.66. The molecule has 1 aromatic rings. The third kappa shape index (κ3) is 2.30. The summed E-state index contributed by atoms with van der Waals surface area (Å²) in [5.41, 5.74) is 1.01. The fourth-order valence-electron chi connectivity index (χ4n) is 1.16. The summed E-state index contributed by atoms with van der Waals surface area (Å²) in [6.07, 6.45) is 0. The van der Waals surface area contributed by atoms with Gasteiger partial charge in [-0.15, -0.1) is 0 Å². The molecule has 68 valence electrons. The molecule has 0 saturated carbocycles. The molecular formula is C10H11BrN2. The quantitative estimate of drug-likeness (QED) is 0.793. The molecule has 13 heavy (non-hydrogen) atoms. The summed E-state index contributed by atoms with van der Waals surface area (Å²) in [6.45, 7) is 0. The number of nitrogens with zero attached hydrogens (tertiary/aromatic N) is 2. The van der Waals surface area contributed by atoms with Crippen LogP contribution in [0.4, 0.5) is 0 Å². The normalized spacial score (nSPS) is 12.5. The van der Waals surface area contributed by atoms with E-state index in [0.717, 1.165) is 10.0 Å². The van der Waals surface area contributed by atoms with Gasteiger partial charge in [-0.25, -0.2) is 0 Å². The van der Waals surface area contributed by atoms with Crippen molar-refractivity contribution in [2.45, 2.75) is 6.04 Å². The summed E-state index contributed by atoms with van der Waals surface area (Å²) in [4.78, 5) is 1.89. The van der Waals surface area contributed by atoms with E-state index in [1.165, 1.54) is 0 Å². The van der Waals surface area contributed by atoms with Gasteiger partial charge in [-0.3, -0.25) is 4.90 Å². The van der Waals surface area contributed by atoms with Crippen molar-refractivity contribution >= 4 is 15.9 Å². The highest BCUT2D eigenvalue weighted by Gasteiger charge is 2.14. The van der Waals surface area contributed by atoms with Crippen LogP contribution in [0.25, 0.3) is 0 Å². The van der Waals surface area contributed by atoms with Crippen LogP contribution < -0.4 is 0 Å². The van der Waals surface area contributed by atoms with Crippen LogP contribution in [0.5, 0.6) is 0 Å². The Kier molecular flexibility index (Phi) is 3.47. The first kappa shape index (κ1) is 10.2. The number of halogens is 1. The Morgan fingerprint density at radius 2 is 2.00 bits per heavy atom. The Balaban J connectivity index is 3.07. The van der Waals surface area contributed by atoms with Gasteiger partial charge in [0, 0.05) is 4.47 Å².